The molecule has 0 aromatic heterocycles. The zero-order chi connectivity index (χ0) is 18.0. The minimum atomic E-state index is -3.67. The molecule has 2 aromatic carbocycles. The van der Waals surface area contributed by atoms with Crippen LogP contribution in [0.15, 0.2) is 53.4 Å². The Kier molecular flexibility index (Phi) is 6.69. The van der Waals surface area contributed by atoms with Crippen molar-refractivity contribution in [2.75, 3.05) is 33.8 Å². The normalized spacial score (nSPS) is 19.0. The van der Waals surface area contributed by atoms with E-state index in [1.807, 2.05) is 50.4 Å². The Bertz CT molecular complexity index is 843. The highest BCUT2D eigenvalue weighted by Gasteiger charge is 2.37. The molecule has 1 heterocycles. The Morgan fingerprint density at radius 3 is 2.42 bits per heavy atom. The van der Waals surface area contributed by atoms with Crippen molar-refractivity contribution in [2.24, 2.45) is 0 Å². The van der Waals surface area contributed by atoms with Crippen LogP contribution in [0.2, 0.25) is 0 Å². The molecule has 142 valence electrons. The molecular weight excluding hydrogens is 372 g/mol. The standard InChI is InChI=1S/C19H24N2O3S.ClH/c1-15-9-10-18(24-3)19(13-15)25(22,23)21-12-11-20(2)14-17(21)16-7-5-4-6-8-16;/h4-10,13,17H,11-12,14H2,1-3H3;1H. The highest BCUT2D eigenvalue weighted by atomic mass is 35.5. The van der Waals surface area contributed by atoms with Crippen molar-refractivity contribution in [2.45, 2.75) is 17.9 Å². The molecule has 0 aliphatic carbocycles. The molecule has 0 bridgehead atoms. The molecule has 1 saturated heterocycles. The monoisotopic (exact) mass is 396 g/mol. The summed E-state index contributed by atoms with van der Waals surface area (Å²) in [6.45, 7) is 3.71. The molecule has 1 aliphatic heterocycles. The number of halogens is 1. The fourth-order valence-electron chi connectivity index (χ4n) is 3.25. The number of ether oxygens (including phenoxy) is 1. The van der Waals surface area contributed by atoms with Gasteiger partial charge in [-0.15, -0.1) is 12.4 Å². The van der Waals surface area contributed by atoms with Crippen LogP contribution in [0.5, 0.6) is 5.75 Å². The van der Waals surface area contributed by atoms with Gasteiger partial charge in [0.05, 0.1) is 13.2 Å². The van der Waals surface area contributed by atoms with Gasteiger partial charge < -0.3 is 9.64 Å². The van der Waals surface area contributed by atoms with Crippen molar-refractivity contribution in [3.8, 4) is 5.75 Å². The van der Waals surface area contributed by atoms with Crippen LogP contribution >= 0.6 is 12.4 Å². The Labute approximate surface area is 162 Å². The van der Waals surface area contributed by atoms with Crippen molar-refractivity contribution in [3.63, 3.8) is 0 Å². The third-order valence-corrected chi connectivity index (χ3v) is 6.55. The summed E-state index contributed by atoms with van der Waals surface area (Å²) in [6, 6.07) is 14.9. The number of likely N-dealkylation sites (N-methyl/N-ethyl adjacent to an activating group) is 1. The average molecular weight is 397 g/mol. The molecule has 0 saturated carbocycles. The zero-order valence-corrected chi connectivity index (χ0v) is 16.9. The summed E-state index contributed by atoms with van der Waals surface area (Å²) in [7, 11) is -0.143. The van der Waals surface area contributed by atoms with Gasteiger partial charge >= 0.3 is 0 Å². The van der Waals surface area contributed by atoms with E-state index in [4.69, 9.17) is 4.74 Å². The van der Waals surface area contributed by atoms with E-state index in [2.05, 4.69) is 4.90 Å². The maximum atomic E-state index is 13.4. The van der Waals surface area contributed by atoms with Crippen LogP contribution in [0.4, 0.5) is 0 Å². The van der Waals surface area contributed by atoms with Crippen molar-refractivity contribution in [3.05, 3.63) is 59.7 Å². The molecule has 1 fully saturated rings. The number of piperazine rings is 1. The molecular formula is C19H25ClN2O3S. The maximum absolute atomic E-state index is 13.4. The number of hydrogen-bond donors (Lipinski definition) is 0. The predicted octanol–water partition coefficient (Wildman–Crippen LogP) is 3.10. The molecule has 0 N–H and O–H groups in total. The third kappa shape index (κ3) is 4.04. The van der Waals surface area contributed by atoms with Gasteiger partial charge in [0.2, 0.25) is 10.0 Å². The van der Waals surface area contributed by atoms with E-state index in [-0.39, 0.29) is 23.3 Å². The fourth-order valence-corrected chi connectivity index (χ4v) is 5.09. The number of rotatable bonds is 4. The van der Waals surface area contributed by atoms with Crippen LogP contribution in [-0.2, 0) is 10.0 Å². The SMILES string of the molecule is COc1ccc(C)cc1S(=O)(=O)N1CCN(C)CC1c1ccccc1.Cl. The smallest absolute Gasteiger partial charge is 0.247 e. The Morgan fingerprint density at radius 1 is 1.08 bits per heavy atom. The second-order valence-corrected chi connectivity index (χ2v) is 8.32. The molecule has 2 aromatic rings. The summed E-state index contributed by atoms with van der Waals surface area (Å²) in [5, 5.41) is 0. The summed E-state index contributed by atoms with van der Waals surface area (Å²) in [5.74, 6) is 0.385. The summed E-state index contributed by atoms with van der Waals surface area (Å²) in [4.78, 5) is 2.40. The van der Waals surface area contributed by atoms with E-state index in [0.29, 0.717) is 25.4 Å². The highest BCUT2D eigenvalue weighted by Crippen LogP contribution is 2.34. The van der Waals surface area contributed by atoms with Gasteiger partial charge in [0.15, 0.2) is 0 Å². The minimum absolute atomic E-state index is 0. The minimum Gasteiger partial charge on any atom is -0.495 e. The fraction of sp³-hybridized carbons (Fsp3) is 0.368. The second-order valence-electron chi connectivity index (χ2n) is 6.46. The van der Waals surface area contributed by atoms with Gasteiger partial charge in [0.1, 0.15) is 10.6 Å². The lowest BCUT2D eigenvalue weighted by Crippen LogP contribution is -2.49. The molecule has 0 radical (unpaired) electrons. The van der Waals surface area contributed by atoms with E-state index in [9.17, 15) is 8.42 Å². The second kappa shape index (κ2) is 8.39. The first kappa shape index (κ1) is 20.7. The molecule has 3 rings (SSSR count). The lowest BCUT2D eigenvalue weighted by molar-refractivity contribution is 0.160. The summed E-state index contributed by atoms with van der Waals surface area (Å²) >= 11 is 0. The van der Waals surface area contributed by atoms with E-state index in [1.54, 1.807) is 16.4 Å². The highest BCUT2D eigenvalue weighted by molar-refractivity contribution is 7.89. The summed E-state index contributed by atoms with van der Waals surface area (Å²) in [6.07, 6.45) is 0. The molecule has 26 heavy (non-hydrogen) atoms. The number of methoxy groups -OCH3 is 1. The lowest BCUT2D eigenvalue weighted by Gasteiger charge is -2.39. The van der Waals surface area contributed by atoms with Crippen molar-refractivity contribution in [1.29, 1.82) is 0 Å². The zero-order valence-electron chi connectivity index (χ0n) is 15.3. The van der Waals surface area contributed by atoms with E-state index in [1.165, 1.54) is 7.11 Å². The number of nitrogens with zero attached hydrogens (tertiary/aromatic N) is 2. The van der Waals surface area contributed by atoms with Crippen LogP contribution in [0.1, 0.15) is 17.2 Å². The summed E-state index contributed by atoms with van der Waals surface area (Å²) < 4.78 is 33.8. The topological polar surface area (TPSA) is 49.9 Å². The predicted molar refractivity (Wildman–Crippen MR) is 106 cm³/mol. The van der Waals surface area contributed by atoms with Crippen molar-refractivity contribution >= 4 is 22.4 Å². The lowest BCUT2D eigenvalue weighted by atomic mass is 10.1. The van der Waals surface area contributed by atoms with E-state index >= 15 is 0 Å². The first-order chi connectivity index (χ1) is 11.9. The van der Waals surface area contributed by atoms with Crippen LogP contribution in [0.3, 0.4) is 0 Å². The third-order valence-electron chi connectivity index (χ3n) is 4.62. The van der Waals surface area contributed by atoms with E-state index in [0.717, 1.165) is 11.1 Å². The largest absolute Gasteiger partial charge is 0.495 e. The Balaban J connectivity index is 0.00000243. The Hall–Kier alpha value is -1.60. The Morgan fingerprint density at radius 2 is 1.77 bits per heavy atom. The van der Waals surface area contributed by atoms with Crippen LogP contribution in [-0.4, -0.2) is 51.4 Å². The average Bonchev–Trinajstić information content (AvgIpc) is 2.62. The quantitative estimate of drug-likeness (QED) is 0.796. The molecule has 7 heteroatoms. The van der Waals surface area contributed by atoms with Gasteiger partial charge in [0.25, 0.3) is 0 Å². The molecule has 1 atom stereocenters. The maximum Gasteiger partial charge on any atom is 0.247 e. The molecule has 1 unspecified atom stereocenters. The van der Waals surface area contributed by atoms with E-state index < -0.39 is 10.0 Å². The summed E-state index contributed by atoms with van der Waals surface area (Å²) in [5.41, 5.74) is 1.90. The first-order valence-corrected chi connectivity index (χ1v) is 9.77. The number of hydrogen-bond acceptors (Lipinski definition) is 4. The molecule has 5 nitrogen and oxygen atoms in total. The van der Waals surface area contributed by atoms with Gasteiger partial charge in [0, 0.05) is 19.6 Å². The van der Waals surface area contributed by atoms with Gasteiger partial charge in [-0.1, -0.05) is 36.4 Å². The van der Waals surface area contributed by atoms with Crippen molar-refractivity contribution in [1.82, 2.24) is 9.21 Å². The first-order valence-electron chi connectivity index (χ1n) is 8.33. The number of sulfonamides is 1. The van der Waals surface area contributed by atoms with Gasteiger partial charge in [-0.3, -0.25) is 0 Å². The van der Waals surface area contributed by atoms with Crippen molar-refractivity contribution < 1.29 is 13.2 Å². The van der Waals surface area contributed by atoms with Crippen LogP contribution in [0, 0.1) is 6.92 Å². The van der Waals surface area contributed by atoms with Gasteiger partial charge in [-0.05, 0) is 37.2 Å². The van der Waals surface area contributed by atoms with Crippen LogP contribution in [0.25, 0.3) is 0 Å². The molecule has 1 aliphatic rings. The van der Waals surface area contributed by atoms with Crippen LogP contribution < -0.4 is 4.74 Å². The molecule has 0 spiro atoms. The molecule has 0 amide bonds. The van der Waals surface area contributed by atoms with Gasteiger partial charge in [-0.25, -0.2) is 8.42 Å². The van der Waals surface area contributed by atoms with Gasteiger partial charge in [-0.2, -0.15) is 4.31 Å². The number of aryl methyl sites for hydroxylation is 1. The number of benzene rings is 2.